The lowest BCUT2D eigenvalue weighted by molar-refractivity contribution is 0.0435. The fourth-order valence-electron chi connectivity index (χ4n) is 2.81. The first-order valence-electron chi connectivity index (χ1n) is 6.32. The highest BCUT2D eigenvalue weighted by Crippen LogP contribution is 2.41. The molecule has 1 aliphatic rings. The highest BCUT2D eigenvalue weighted by atomic mass is 35.5. The molecular weight excluding hydrogens is 295 g/mol. The number of aromatic nitrogens is 1. The van der Waals surface area contributed by atoms with Crippen LogP contribution in [0.2, 0.25) is 5.15 Å². The lowest BCUT2D eigenvalue weighted by Crippen LogP contribution is -2.43. The van der Waals surface area contributed by atoms with Crippen LogP contribution in [-0.2, 0) is 5.60 Å². The van der Waals surface area contributed by atoms with Gasteiger partial charge in [-0.15, -0.1) is 12.4 Å². The van der Waals surface area contributed by atoms with E-state index in [0.29, 0.717) is 0 Å². The van der Waals surface area contributed by atoms with Crippen LogP contribution in [0, 0.1) is 0 Å². The van der Waals surface area contributed by atoms with E-state index >= 15 is 0 Å². The van der Waals surface area contributed by atoms with Gasteiger partial charge in [-0.3, -0.25) is 4.57 Å². The molecule has 0 saturated heterocycles. The fourth-order valence-corrected chi connectivity index (χ4v) is 3.05. The average Bonchev–Trinajstić information content (AvgIpc) is 2.72. The summed E-state index contributed by atoms with van der Waals surface area (Å²) in [5.41, 5.74) is 1.69. The predicted octanol–water partition coefficient (Wildman–Crippen LogP) is 3.72. The highest BCUT2D eigenvalue weighted by molar-refractivity contribution is 6.30. The van der Waals surface area contributed by atoms with Crippen molar-refractivity contribution < 1.29 is 4.74 Å². The van der Waals surface area contributed by atoms with Crippen molar-refractivity contribution in [2.24, 2.45) is 0 Å². The molecule has 108 valence electrons. The smallest absolute Gasteiger partial charge is 0.159 e. The number of nitrogens with zero attached hydrogens (tertiary/aromatic N) is 2. The number of fused-ring (bicyclic) bond motifs is 3. The topological polar surface area (TPSA) is 17.4 Å². The Morgan fingerprint density at radius 1 is 1.20 bits per heavy atom. The van der Waals surface area contributed by atoms with Gasteiger partial charge < -0.3 is 9.64 Å². The van der Waals surface area contributed by atoms with Gasteiger partial charge in [0.1, 0.15) is 10.9 Å². The van der Waals surface area contributed by atoms with E-state index in [4.69, 9.17) is 16.3 Å². The molecule has 0 spiro atoms. The summed E-state index contributed by atoms with van der Waals surface area (Å²) in [7, 11) is 4.09. The largest absolute Gasteiger partial charge is 0.478 e. The number of hydrogen-bond donors (Lipinski definition) is 0. The molecule has 2 aromatic rings. The molecule has 0 bridgehead atoms. The second kappa shape index (κ2) is 5.32. The van der Waals surface area contributed by atoms with E-state index < -0.39 is 5.60 Å². The quantitative estimate of drug-likeness (QED) is 0.841. The van der Waals surface area contributed by atoms with Crippen molar-refractivity contribution in [2.75, 3.05) is 20.6 Å². The van der Waals surface area contributed by atoms with Crippen molar-refractivity contribution in [1.29, 1.82) is 0 Å². The number of likely N-dealkylation sites (N-methyl/N-ethyl adjacent to an activating group) is 1. The van der Waals surface area contributed by atoms with E-state index in [1.54, 1.807) is 0 Å². The lowest BCUT2D eigenvalue weighted by atomic mass is 9.99. The summed E-state index contributed by atoms with van der Waals surface area (Å²) in [6.45, 7) is 2.90. The maximum absolute atomic E-state index is 6.34. The zero-order valence-electron chi connectivity index (χ0n) is 11.8. The van der Waals surface area contributed by atoms with Crippen LogP contribution in [0.3, 0.4) is 0 Å². The molecule has 0 amide bonds. The Morgan fingerprint density at radius 2 is 1.90 bits per heavy atom. The zero-order chi connectivity index (χ0) is 13.6. The molecule has 1 unspecified atom stereocenters. The van der Waals surface area contributed by atoms with Crippen LogP contribution in [0.5, 0.6) is 5.75 Å². The first kappa shape index (κ1) is 15.2. The summed E-state index contributed by atoms with van der Waals surface area (Å²) in [6, 6.07) is 12.0. The molecule has 1 aliphatic heterocycles. The van der Waals surface area contributed by atoms with Crippen molar-refractivity contribution in [3.63, 3.8) is 0 Å². The Labute approximate surface area is 130 Å². The van der Waals surface area contributed by atoms with E-state index in [1.807, 2.05) is 50.5 Å². The van der Waals surface area contributed by atoms with E-state index in [0.717, 1.165) is 28.8 Å². The van der Waals surface area contributed by atoms with Gasteiger partial charge >= 0.3 is 0 Å². The average molecular weight is 313 g/mol. The monoisotopic (exact) mass is 312 g/mol. The molecule has 20 heavy (non-hydrogen) atoms. The highest BCUT2D eigenvalue weighted by Gasteiger charge is 2.38. The number of benzene rings is 1. The molecule has 1 aromatic carbocycles. The summed E-state index contributed by atoms with van der Waals surface area (Å²) in [4.78, 5) is 2.12. The van der Waals surface area contributed by atoms with Crippen LogP contribution in [0.15, 0.2) is 36.4 Å². The molecule has 0 radical (unpaired) electrons. The number of halogens is 2. The molecule has 0 fully saturated rings. The minimum Gasteiger partial charge on any atom is -0.478 e. The number of hydrogen-bond acceptors (Lipinski definition) is 2. The van der Waals surface area contributed by atoms with Gasteiger partial charge in [0.25, 0.3) is 0 Å². The number of para-hydroxylation sites is 2. The standard InChI is InChI=1S/C15H17ClN2O.ClH/c1-15(10-17(2)3)13-8-9-14(16)18(13)11-6-4-5-7-12(11)19-15;/h4-9H,10H2,1-3H3;1H. The third kappa shape index (κ3) is 2.30. The maximum atomic E-state index is 6.34. The van der Waals surface area contributed by atoms with Gasteiger partial charge in [-0.1, -0.05) is 23.7 Å². The summed E-state index contributed by atoms with van der Waals surface area (Å²) in [5.74, 6) is 0.873. The van der Waals surface area contributed by atoms with Crippen molar-refractivity contribution in [1.82, 2.24) is 9.47 Å². The Balaban J connectivity index is 0.00000147. The summed E-state index contributed by atoms with van der Waals surface area (Å²) >= 11 is 6.34. The fraction of sp³-hybridized carbons (Fsp3) is 0.333. The van der Waals surface area contributed by atoms with Gasteiger partial charge in [0.15, 0.2) is 5.60 Å². The van der Waals surface area contributed by atoms with E-state index in [1.165, 1.54) is 0 Å². The molecule has 3 rings (SSSR count). The third-order valence-electron chi connectivity index (χ3n) is 3.43. The van der Waals surface area contributed by atoms with Crippen molar-refractivity contribution in [2.45, 2.75) is 12.5 Å². The third-order valence-corrected chi connectivity index (χ3v) is 3.73. The van der Waals surface area contributed by atoms with Gasteiger partial charge in [0.05, 0.1) is 11.4 Å². The molecule has 1 aromatic heterocycles. The minimum atomic E-state index is -0.398. The molecule has 3 nitrogen and oxygen atoms in total. The second-order valence-corrected chi connectivity index (χ2v) is 5.80. The minimum absolute atomic E-state index is 0. The van der Waals surface area contributed by atoms with Crippen molar-refractivity contribution in [3.05, 3.63) is 47.2 Å². The van der Waals surface area contributed by atoms with Crippen LogP contribution < -0.4 is 4.74 Å². The number of rotatable bonds is 2. The first-order valence-corrected chi connectivity index (χ1v) is 6.70. The molecule has 1 atom stereocenters. The molecule has 0 saturated carbocycles. The van der Waals surface area contributed by atoms with Crippen LogP contribution in [0.25, 0.3) is 5.69 Å². The maximum Gasteiger partial charge on any atom is 0.159 e. The Bertz CT molecular complexity index is 624. The predicted molar refractivity (Wildman–Crippen MR) is 84.6 cm³/mol. The van der Waals surface area contributed by atoms with Gasteiger partial charge in [-0.05, 0) is 45.3 Å². The van der Waals surface area contributed by atoms with Gasteiger partial charge in [-0.2, -0.15) is 0 Å². The molecule has 0 N–H and O–H groups in total. The zero-order valence-corrected chi connectivity index (χ0v) is 13.3. The molecule has 5 heteroatoms. The van der Waals surface area contributed by atoms with E-state index in [2.05, 4.69) is 16.4 Å². The molecular formula is C15H18Cl2N2O. The lowest BCUT2D eigenvalue weighted by Gasteiger charge is -2.38. The first-order chi connectivity index (χ1) is 9.01. The van der Waals surface area contributed by atoms with E-state index in [-0.39, 0.29) is 12.4 Å². The van der Waals surface area contributed by atoms with Crippen LogP contribution in [0.4, 0.5) is 0 Å². The normalized spacial score (nSPS) is 19.9. The SMILES string of the molecule is CN(C)CC1(C)Oc2ccccc2-n2c(Cl)ccc21.Cl. The Hall–Kier alpha value is -1.16. The summed E-state index contributed by atoms with van der Waals surface area (Å²) < 4.78 is 8.32. The molecule has 2 heterocycles. The second-order valence-electron chi connectivity index (χ2n) is 5.42. The van der Waals surface area contributed by atoms with Crippen LogP contribution in [-0.4, -0.2) is 30.1 Å². The van der Waals surface area contributed by atoms with Crippen molar-refractivity contribution >= 4 is 24.0 Å². The number of ether oxygens (including phenoxy) is 1. The summed E-state index contributed by atoms with van der Waals surface area (Å²) in [5, 5.41) is 0.718. The Morgan fingerprint density at radius 3 is 2.60 bits per heavy atom. The van der Waals surface area contributed by atoms with Gasteiger partial charge in [-0.25, -0.2) is 0 Å². The van der Waals surface area contributed by atoms with Gasteiger partial charge in [0, 0.05) is 6.54 Å². The van der Waals surface area contributed by atoms with Crippen LogP contribution >= 0.6 is 24.0 Å². The van der Waals surface area contributed by atoms with Crippen LogP contribution in [0.1, 0.15) is 12.6 Å². The Kier molecular flexibility index (Phi) is 4.05. The molecule has 0 aliphatic carbocycles. The summed E-state index contributed by atoms with van der Waals surface area (Å²) in [6.07, 6.45) is 0. The van der Waals surface area contributed by atoms with Crippen molar-refractivity contribution in [3.8, 4) is 11.4 Å². The van der Waals surface area contributed by atoms with Gasteiger partial charge in [0.2, 0.25) is 0 Å². The van der Waals surface area contributed by atoms with E-state index in [9.17, 15) is 0 Å².